The first-order chi connectivity index (χ1) is 9.39. The van der Waals surface area contributed by atoms with Crippen molar-refractivity contribution in [1.29, 1.82) is 0 Å². The van der Waals surface area contributed by atoms with E-state index >= 15 is 0 Å². The lowest BCUT2D eigenvalue weighted by Crippen LogP contribution is -2.23. The van der Waals surface area contributed by atoms with Crippen molar-refractivity contribution in [3.63, 3.8) is 0 Å². The maximum absolute atomic E-state index is 9.76. The molecule has 0 aliphatic carbocycles. The monoisotopic (exact) mass is 308 g/mol. The molecule has 7 nitrogen and oxygen atoms in total. The van der Waals surface area contributed by atoms with Crippen molar-refractivity contribution in [3.8, 4) is 0 Å². The van der Waals surface area contributed by atoms with E-state index in [1.54, 1.807) is 6.92 Å². The van der Waals surface area contributed by atoms with Gasteiger partial charge in [0, 0.05) is 6.61 Å². The lowest BCUT2D eigenvalue weighted by Gasteiger charge is -2.06. The molecule has 1 heterocycles. The molecule has 0 N–H and O–H groups in total. The van der Waals surface area contributed by atoms with Crippen LogP contribution in [0.3, 0.4) is 0 Å². The van der Waals surface area contributed by atoms with Crippen LogP contribution in [0.2, 0.25) is 0 Å². The fraction of sp³-hybridized carbons (Fsp3) is 0.750. The summed E-state index contributed by atoms with van der Waals surface area (Å²) in [5.74, 6) is 0. The van der Waals surface area contributed by atoms with Crippen LogP contribution in [0.1, 0.15) is 26.7 Å². The van der Waals surface area contributed by atoms with E-state index in [1.807, 2.05) is 7.05 Å². The van der Waals surface area contributed by atoms with Gasteiger partial charge in [-0.3, -0.25) is 4.18 Å². The molecule has 0 aliphatic heterocycles. The highest BCUT2D eigenvalue weighted by molar-refractivity contribution is 7.80. The average molecular weight is 308 g/mol. The summed E-state index contributed by atoms with van der Waals surface area (Å²) in [6.07, 6.45) is 8.82. The number of hydrogen-bond donors (Lipinski definition) is 0. The first-order valence-electron chi connectivity index (χ1n) is 6.58. The number of imidazole rings is 1. The third-order valence-corrected chi connectivity index (χ3v) is 2.71. The molecular weight excluding hydrogens is 284 g/mol. The van der Waals surface area contributed by atoms with Crippen LogP contribution >= 0.6 is 0 Å². The molecule has 0 atom stereocenters. The summed E-state index contributed by atoms with van der Waals surface area (Å²) in [4.78, 5) is 0. The molecule has 0 saturated heterocycles. The van der Waals surface area contributed by atoms with Crippen molar-refractivity contribution >= 4 is 10.4 Å². The van der Waals surface area contributed by atoms with Crippen molar-refractivity contribution in [2.75, 3.05) is 19.8 Å². The van der Waals surface area contributed by atoms with Gasteiger partial charge < -0.3 is 9.29 Å². The van der Waals surface area contributed by atoms with Crippen molar-refractivity contribution in [2.24, 2.45) is 7.05 Å². The normalized spacial score (nSPS) is 11.0. The molecule has 0 radical (unpaired) electrons. The van der Waals surface area contributed by atoms with Gasteiger partial charge in [0.25, 0.3) is 0 Å². The number of rotatable bonds is 8. The summed E-state index contributed by atoms with van der Waals surface area (Å²) in [5.41, 5.74) is 0. The topological polar surface area (TPSA) is 84.5 Å². The summed E-state index contributed by atoms with van der Waals surface area (Å²) in [6, 6.07) is 0. The van der Waals surface area contributed by atoms with Crippen LogP contribution in [0.15, 0.2) is 18.7 Å². The Labute approximate surface area is 121 Å². The minimum atomic E-state index is -4.53. The fourth-order valence-corrected chi connectivity index (χ4v) is 1.59. The van der Waals surface area contributed by atoms with E-state index in [0.717, 1.165) is 6.54 Å². The van der Waals surface area contributed by atoms with Gasteiger partial charge >= 0.3 is 0 Å². The first kappa shape index (κ1) is 19.0. The van der Waals surface area contributed by atoms with Gasteiger partial charge in [-0.2, -0.15) is 0 Å². The Kier molecular flexibility index (Phi) is 10.3. The van der Waals surface area contributed by atoms with Crippen molar-refractivity contribution in [2.45, 2.75) is 33.2 Å². The maximum Gasteiger partial charge on any atom is 0.243 e. The van der Waals surface area contributed by atoms with E-state index in [2.05, 4.69) is 39.0 Å². The molecule has 0 saturated carbocycles. The third-order valence-electron chi connectivity index (χ3n) is 2.25. The van der Waals surface area contributed by atoms with Crippen LogP contribution in [0, 0.1) is 0 Å². The standard InChI is InChI=1S/C8H15N2.C4H10O5S/c1-3-4-5-10-7-6-9(2)8-10;1-2-8-3-4-9-10(5,6)7/h6-8H,3-5H2,1-2H3;2-4H2,1H3,(H,5,6,7)/q+1;/p-1. The fourth-order valence-electron chi connectivity index (χ4n) is 1.31. The Balaban J connectivity index is 0.000000361. The minimum absolute atomic E-state index is 0.123. The molecule has 0 unspecified atom stereocenters. The summed E-state index contributed by atoms with van der Waals surface area (Å²) in [5, 5.41) is 0. The summed E-state index contributed by atoms with van der Waals surface area (Å²) >= 11 is 0. The van der Waals surface area contributed by atoms with E-state index in [1.165, 1.54) is 12.8 Å². The van der Waals surface area contributed by atoms with Crippen LogP contribution in [0.4, 0.5) is 0 Å². The SMILES string of the molecule is CCCCn1cc[n+](C)c1.CCOCCOS(=O)(=O)[O-]. The summed E-state index contributed by atoms with van der Waals surface area (Å²) in [7, 11) is -2.49. The van der Waals surface area contributed by atoms with Gasteiger partial charge in [-0.25, -0.2) is 17.6 Å². The largest absolute Gasteiger partial charge is 0.726 e. The number of ether oxygens (including phenoxy) is 1. The molecule has 1 aromatic heterocycles. The lowest BCUT2D eigenvalue weighted by atomic mass is 10.3. The second-order valence-electron chi connectivity index (χ2n) is 4.10. The number of unbranched alkanes of at least 4 members (excludes halogenated alkanes) is 1. The third kappa shape index (κ3) is 12.1. The zero-order chi connectivity index (χ0) is 15.4. The van der Waals surface area contributed by atoms with Gasteiger partial charge in [0.1, 0.15) is 12.4 Å². The molecule has 0 aliphatic rings. The molecule has 0 fully saturated rings. The summed E-state index contributed by atoms with van der Waals surface area (Å²) < 4.78 is 42.1. The highest BCUT2D eigenvalue weighted by Gasteiger charge is 1.96. The summed E-state index contributed by atoms with van der Waals surface area (Å²) in [6.45, 7) is 5.51. The Morgan fingerprint density at radius 3 is 2.45 bits per heavy atom. The predicted octanol–water partition coefficient (Wildman–Crippen LogP) is 0.612. The van der Waals surface area contributed by atoms with Crippen molar-refractivity contribution < 1.29 is 26.5 Å². The van der Waals surface area contributed by atoms with Crippen LogP contribution < -0.4 is 4.57 Å². The smallest absolute Gasteiger partial charge is 0.243 e. The van der Waals surface area contributed by atoms with Crippen LogP contribution in [-0.2, 0) is 32.9 Å². The van der Waals surface area contributed by atoms with Crippen LogP contribution in [0.5, 0.6) is 0 Å². The van der Waals surface area contributed by atoms with E-state index < -0.39 is 10.4 Å². The number of hydrogen-bond acceptors (Lipinski definition) is 5. The molecule has 0 bridgehead atoms. The van der Waals surface area contributed by atoms with Gasteiger partial charge in [0.2, 0.25) is 16.7 Å². The maximum atomic E-state index is 9.76. The van der Waals surface area contributed by atoms with Gasteiger partial charge in [0.05, 0.1) is 26.8 Å². The molecule has 118 valence electrons. The van der Waals surface area contributed by atoms with Crippen molar-refractivity contribution in [3.05, 3.63) is 18.7 Å². The van der Waals surface area contributed by atoms with E-state index in [-0.39, 0.29) is 13.2 Å². The molecule has 1 aromatic rings. The molecule has 0 amide bonds. The van der Waals surface area contributed by atoms with Gasteiger partial charge in [-0.1, -0.05) is 13.3 Å². The molecular formula is C12H24N2O5S. The van der Waals surface area contributed by atoms with Gasteiger partial charge in [0.15, 0.2) is 0 Å². The van der Waals surface area contributed by atoms with Crippen molar-refractivity contribution in [1.82, 2.24) is 4.57 Å². The number of aromatic nitrogens is 2. The Hall–Kier alpha value is -0.960. The Morgan fingerprint density at radius 2 is 2.00 bits per heavy atom. The highest BCUT2D eigenvalue weighted by atomic mass is 32.3. The molecule has 20 heavy (non-hydrogen) atoms. The van der Waals surface area contributed by atoms with Gasteiger partial charge in [-0.15, -0.1) is 0 Å². The minimum Gasteiger partial charge on any atom is -0.726 e. The zero-order valence-electron chi connectivity index (χ0n) is 12.3. The first-order valence-corrected chi connectivity index (χ1v) is 7.91. The Bertz CT molecular complexity index is 444. The number of nitrogens with zero attached hydrogens (tertiary/aromatic N) is 2. The second kappa shape index (κ2) is 10.8. The zero-order valence-corrected chi connectivity index (χ0v) is 13.1. The average Bonchev–Trinajstić information content (AvgIpc) is 2.78. The van der Waals surface area contributed by atoms with Crippen LogP contribution in [-0.4, -0.2) is 37.4 Å². The second-order valence-corrected chi connectivity index (χ2v) is 5.15. The van der Waals surface area contributed by atoms with Gasteiger partial charge in [-0.05, 0) is 13.3 Å². The van der Waals surface area contributed by atoms with Crippen LogP contribution in [0.25, 0.3) is 0 Å². The van der Waals surface area contributed by atoms with E-state index in [9.17, 15) is 13.0 Å². The molecule has 1 rings (SSSR count). The predicted molar refractivity (Wildman–Crippen MR) is 72.7 cm³/mol. The van der Waals surface area contributed by atoms with E-state index in [4.69, 9.17) is 4.74 Å². The van der Waals surface area contributed by atoms with E-state index in [0.29, 0.717) is 6.61 Å². The quantitative estimate of drug-likeness (QED) is 0.304. The molecule has 8 heteroatoms. The highest BCUT2D eigenvalue weighted by Crippen LogP contribution is 1.91. The number of aryl methyl sites for hydroxylation is 2. The molecule has 0 spiro atoms. The lowest BCUT2D eigenvalue weighted by molar-refractivity contribution is -0.671. The molecule has 0 aromatic carbocycles. The Morgan fingerprint density at radius 1 is 1.30 bits per heavy atom.